The van der Waals surface area contributed by atoms with Crippen LogP contribution in [0.4, 0.5) is 0 Å². The molecule has 2 heterocycles. The van der Waals surface area contributed by atoms with E-state index in [4.69, 9.17) is 0 Å². The molecule has 2 saturated heterocycles. The van der Waals surface area contributed by atoms with Crippen LogP contribution in [0.3, 0.4) is 0 Å². The van der Waals surface area contributed by atoms with E-state index < -0.39 is 0 Å². The Morgan fingerprint density at radius 2 is 2.00 bits per heavy atom. The third kappa shape index (κ3) is 4.07. The van der Waals surface area contributed by atoms with Crippen molar-refractivity contribution in [2.45, 2.75) is 31.8 Å². The molecule has 0 aromatic carbocycles. The number of thioether (sulfide) groups is 2. The Labute approximate surface area is 112 Å². The Morgan fingerprint density at radius 1 is 1.29 bits per heavy atom. The molecule has 2 rings (SSSR count). The summed E-state index contributed by atoms with van der Waals surface area (Å²) in [6.07, 6.45) is 1.76. The first-order chi connectivity index (χ1) is 8.29. The fraction of sp³-hybridized carbons (Fsp3) is 0.917. The van der Waals surface area contributed by atoms with Crippen molar-refractivity contribution >= 4 is 29.4 Å². The van der Waals surface area contributed by atoms with Gasteiger partial charge in [0.05, 0.1) is 0 Å². The van der Waals surface area contributed by atoms with Gasteiger partial charge in [-0.3, -0.25) is 4.79 Å². The van der Waals surface area contributed by atoms with Gasteiger partial charge in [0.25, 0.3) is 0 Å². The summed E-state index contributed by atoms with van der Waals surface area (Å²) in [4.78, 5) is 13.8. The van der Waals surface area contributed by atoms with E-state index in [9.17, 15) is 4.79 Å². The van der Waals surface area contributed by atoms with Crippen LogP contribution in [0.25, 0.3) is 0 Å². The van der Waals surface area contributed by atoms with Crippen molar-refractivity contribution in [2.24, 2.45) is 0 Å². The summed E-state index contributed by atoms with van der Waals surface area (Å²) < 4.78 is 0. The molecule has 0 radical (unpaired) electrons. The minimum atomic E-state index is 0.332. The molecule has 0 saturated carbocycles. The van der Waals surface area contributed by atoms with E-state index in [0.717, 1.165) is 19.5 Å². The second kappa shape index (κ2) is 6.90. The lowest BCUT2D eigenvalue weighted by molar-refractivity contribution is -0.127. The molecule has 0 unspecified atom stereocenters. The largest absolute Gasteiger partial charge is 0.341 e. The van der Waals surface area contributed by atoms with Crippen LogP contribution < -0.4 is 5.32 Å². The zero-order valence-corrected chi connectivity index (χ0v) is 12.1. The Kier molecular flexibility index (Phi) is 5.50. The fourth-order valence-electron chi connectivity index (χ4n) is 2.42. The Morgan fingerprint density at radius 3 is 2.65 bits per heavy atom. The maximum absolute atomic E-state index is 11.8. The summed E-state index contributed by atoms with van der Waals surface area (Å²) in [6, 6.07) is 0.977. The average molecular weight is 274 g/mol. The summed E-state index contributed by atoms with van der Waals surface area (Å²) in [5.74, 6) is 5.28. The predicted octanol–water partition coefficient (Wildman–Crippen LogP) is 1.44. The van der Waals surface area contributed by atoms with Gasteiger partial charge in [0.15, 0.2) is 0 Å². The molecule has 0 aromatic heterocycles. The monoisotopic (exact) mass is 274 g/mol. The van der Waals surface area contributed by atoms with Gasteiger partial charge in [-0.2, -0.15) is 23.5 Å². The van der Waals surface area contributed by atoms with Crippen LogP contribution in [0, 0.1) is 0 Å². The zero-order chi connectivity index (χ0) is 12.1. The number of amides is 1. The molecular weight excluding hydrogens is 252 g/mol. The molecule has 1 atom stereocenters. The molecule has 5 heteroatoms. The second-order valence-electron chi connectivity index (χ2n) is 4.75. The molecule has 2 fully saturated rings. The van der Waals surface area contributed by atoms with Crippen LogP contribution in [-0.4, -0.2) is 59.0 Å². The van der Waals surface area contributed by atoms with Gasteiger partial charge in [0, 0.05) is 54.6 Å². The van der Waals surface area contributed by atoms with Crippen LogP contribution in [0.15, 0.2) is 0 Å². The first kappa shape index (κ1) is 13.6. The lowest BCUT2D eigenvalue weighted by Crippen LogP contribution is -2.42. The SMILES string of the molecule is CCCN1C[C@H](NC2CSCCSC2)CC1=O. The number of hydrogen-bond acceptors (Lipinski definition) is 4. The van der Waals surface area contributed by atoms with Crippen molar-refractivity contribution in [3.63, 3.8) is 0 Å². The molecule has 98 valence electrons. The number of nitrogens with zero attached hydrogens (tertiary/aromatic N) is 1. The number of carbonyl (C=O) groups is 1. The summed E-state index contributed by atoms with van der Waals surface area (Å²) in [5, 5.41) is 3.67. The molecule has 0 aromatic rings. The Hall–Kier alpha value is 0.130. The van der Waals surface area contributed by atoms with Gasteiger partial charge < -0.3 is 10.2 Å². The molecule has 0 aliphatic carbocycles. The standard InChI is InChI=1S/C12H22N2OS2/c1-2-3-14-7-10(6-12(14)15)13-11-8-16-4-5-17-9-11/h10-11,13H,2-9H2,1H3/t10-/m1/s1. The lowest BCUT2D eigenvalue weighted by atomic mass is 10.2. The molecule has 0 bridgehead atoms. The minimum absolute atomic E-state index is 0.332. The van der Waals surface area contributed by atoms with Crippen LogP contribution >= 0.6 is 23.5 Å². The topological polar surface area (TPSA) is 32.3 Å². The van der Waals surface area contributed by atoms with Crippen molar-refractivity contribution in [3.05, 3.63) is 0 Å². The Balaban J connectivity index is 1.77. The quantitative estimate of drug-likeness (QED) is 0.841. The second-order valence-corrected chi connectivity index (χ2v) is 7.05. The maximum atomic E-state index is 11.8. The van der Waals surface area contributed by atoms with Crippen molar-refractivity contribution in [1.29, 1.82) is 0 Å². The van der Waals surface area contributed by atoms with Crippen molar-refractivity contribution in [3.8, 4) is 0 Å². The highest BCUT2D eigenvalue weighted by molar-refractivity contribution is 8.03. The van der Waals surface area contributed by atoms with Gasteiger partial charge >= 0.3 is 0 Å². The number of nitrogens with one attached hydrogen (secondary N) is 1. The van der Waals surface area contributed by atoms with E-state index in [1.165, 1.54) is 23.0 Å². The zero-order valence-electron chi connectivity index (χ0n) is 10.5. The van der Waals surface area contributed by atoms with E-state index in [-0.39, 0.29) is 0 Å². The van der Waals surface area contributed by atoms with Crippen LogP contribution in [0.5, 0.6) is 0 Å². The van der Waals surface area contributed by atoms with Gasteiger partial charge in [0.1, 0.15) is 0 Å². The first-order valence-corrected chi connectivity index (χ1v) is 8.80. The predicted molar refractivity (Wildman–Crippen MR) is 76.8 cm³/mol. The van der Waals surface area contributed by atoms with Gasteiger partial charge in [-0.15, -0.1) is 0 Å². The van der Waals surface area contributed by atoms with E-state index >= 15 is 0 Å². The molecule has 2 aliphatic rings. The van der Waals surface area contributed by atoms with Gasteiger partial charge in [-0.25, -0.2) is 0 Å². The van der Waals surface area contributed by atoms with E-state index in [0.29, 0.717) is 24.4 Å². The van der Waals surface area contributed by atoms with Crippen molar-refractivity contribution in [2.75, 3.05) is 36.1 Å². The number of rotatable bonds is 4. The molecular formula is C12H22N2OS2. The van der Waals surface area contributed by atoms with Gasteiger partial charge in [-0.05, 0) is 6.42 Å². The Bertz CT molecular complexity index is 255. The van der Waals surface area contributed by atoms with Crippen LogP contribution in [0.2, 0.25) is 0 Å². The highest BCUT2D eigenvalue weighted by atomic mass is 32.2. The van der Waals surface area contributed by atoms with E-state index in [1.54, 1.807) is 0 Å². The minimum Gasteiger partial charge on any atom is -0.341 e. The summed E-state index contributed by atoms with van der Waals surface area (Å²) in [7, 11) is 0. The highest BCUT2D eigenvalue weighted by Gasteiger charge is 2.30. The van der Waals surface area contributed by atoms with Crippen LogP contribution in [-0.2, 0) is 4.79 Å². The van der Waals surface area contributed by atoms with Crippen molar-refractivity contribution < 1.29 is 4.79 Å². The van der Waals surface area contributed by atoms with E-state index in [1.807, 2.05) is 28.4 Å². The molecule has 1 amide bonds. The highest BCUT2D eigenvalue weighted by Crippen LogP contribution is 2.19. The number of hydrogen-bond donors (Lipinski definition) is 1. The smallest absolute Gasteiger partial charge is 0.224 e. The summed E-state index contributed by atoms with van der Waals surface area (Å²) >= 11 is 4.07. The molecule has 1 N–H and O–H groups in total. The summed E-state index contributed by atoms with van der Waals surface area (Å²) in [5.41, 5.74) is 0. The normalized spacial score (nSPS) is 27.5. The van der Waals surface area contributed by atoms with Crippen molar-refractivity contribution in [1.82, 2.24) is 10.2 Å². The van der Waals surface area contributed by atoms with Gasteiger partial charge in [-0.1, -0.05) is 6.92 Å². The third-order valence-corrected chi connectivity index (χ3v) is 5.71. The lowest BCUT2D eigenvalue weighted by Gasteiger charge is -2.21. The molecule has 0 spiro atoms. The first-order valence-electron chi connectivity index (χ1n) is 6.49. The number of carbonyl (C=O) groups excluding carboxylic acids is 1. The fourth-order valence-corrected chi connectivity index (χ4v) is 4.84. The van der Waals surface area contributed by atoms with E-state index in [2.05, 4.69) is 12.2 Å². The van der Waals surface area contributed by atoms with Crippen LogP contribution in [0.1, 0.15) is 19.8 Å². The number of likely N-dealkylation sites (tertiary alicyclic amines) is 1. The maximum Gasteiger partial charge on any atom is 0.224 e. The van der Waals surface area contributed by atoms with Gasteiger partial charge in [0.2, 0.25) is 5.91 Å². The molecule has 2 aliphatic heterocycles. The molecule has 17 heavy (non-hydrogen) atoms. The average Bonchev–Trinajstić information content (AvgIpc) is 2.54. The summed E-state index contributed by atoms with van der Waals surface area (Å²) in [6.45, 7) is 3.97. The third-order valence-electron chi connectivity index (χ3n) is 3.19. The molecule has 3 nitrogen and oxygen atoms in total.